The smallest absolute Gasteiger partial charge is 0.328 e. The van der Waals surface area contributed by atoms with Gasteiger partial charge >= 0.3 is 5.97 Å². The SMILES string of the molecule is CCC1=C(C(C)C)/C(=C/C(C)=C/C(=O)O)CCC1. The summed E-state index contributed by atoms with van der Waals surface area (Å²) in [6.45, 7) is 8.51. The zero-order valence-corrected chi connectivity index (χ0v) is 11.9. The second-order valence-electron chi connectivity index (χ2n) is 5.28. The number of rotatable bonds is 4. The summed E-state index contributed by atoms with van der Waals surface area (Å²) in [5.41, 5.74) is 5.17. The molecule has 1 N–H and O–H groups in total. The Hall–Kier alpha value is -1.31. The van der Waals surface area contributed by atoms with Gasteiger partial charge in [-0.1, -0.05) is 32.4 Å². The van der Waals surface area contributed by atoms with Crippen LogP contribution in [0.3, 0.4) is 0 Å². The number of carboxylic acid groups (broad SMARTS) is 1. The number of allylic oxidation sites excluding steroid dienone is 5. The van der Waals surface area contributed by atoms with E-state index in [1.54, 1.807) is 5.57 Å². The molecule has 1 aliphatic carbocycles. The number of carboxylic acids is 1. The molecule has 0 radical (unpaired) electrons. The molecule has 0 aromatic carbocycles. The Morgan fingerprint density at radius 2 is 2.06 bits per heavy atom. The second kappa shape index (κ2) is 6.58. The van der Waals surface area contributed by atoms with Crippen LogP contribution < -0.4 is 0 Å². The summed E-state index contributed by atoms with van der Waals surface area (Å²) in [5.74, 6) is -0.352. The Morgan fingerprint density at radius 1 is 1.39 bits per heavy atom. The van der Waals surface area contributed by atoms with E-state index >= 15 is 0 Å². The van der Waals surface area contributed by atoms with E-state index in [1.807, 2.05) is 6.92 Å². The van der Waals surface area contributed by atoms with Gasteiger partial charge < -0.3 is 5.11 Å². The monoisotopic (exact) mass is 248 g/mol. The summed E-state index contributed by atoms with van der Waals surface area (Å²) < 4.78 is 0. The van der Waals surface area contributed by atoms with E-state index in [0.717, 1.165) is 18.4 Å². The normalized spacial score (nSPS) is 19.8. The molecule has 2 nitrogen and oxygen atoms in total. The van der Waals surface area contributed by atoms with Gasteiger partial charge in [-0.3, -0.25) is 0 Å². The van der Waals surface area contributed by atoms with Crippen molar-refractivity contribution in [3.05, 3.63) is 34.4 Å². The van der Waals surface area contributed by atoms with Crippen molar-refractivity contribution in [2.24, 2.45) is 5.92 Å². The highest BCUT2D eigenvalue weighted by atomic mass is 16.4. The highest BCUT2D eigenvalue weighted by molar-refractivity contribution is 5.81. The maximum absolute atomic E-state index is 10.7. The number of aliphatic carboxylic acids is 1. The van der Waals surface area contributed by atoms with Crippen molar-refractivity contribution in [2.45, 2.75) is 53.4 Å². The Morgan fingerprint density at radius 3 is 2.56 bits per heavy atom. The molecule has 0 saturated carbocycles. The van der Waals surface area contributed by atoms with Crippen LogP contribution in [-0.2, 0) is 4.79 Å². The number of carbonyl (C=O) groups is 1. The van der Waals surface area contributed by atoms with Crippen LogP contribution in [0, 0.1) is 5.92 Å². The molecule has 1 rings (SSSR count). The van der Waals surface area contributed by atoms with Gasteiger partial charge in [-0.05, 0) is 55.2 Å². The fourth-order valence-corrected chi connectivity index (χ4v) is 2.80. The Bertz CT molecular complexity index is 409. The van der Waals surface area contributed by atoms with Crippen LogP contribution >= 0.6 is 0 Å². The third kappa shape index (κ3) is 3.86. The maximum Gasteiger partial charge on any atom is 0.328 e. The summed E-state index contributed by atoms with van der Waals surface area (Å²) >= 11 is 0. The average Bonchev–Trinajstić information content (AvgIpc) is 2.26. The van der Waals surface area contributed by atoms with Gasteiger partial charge in [-0.2, -0.15) is 0 Å². The molecule has 0 spiro atoms. The summed E-state index contributed by atoms with van der Waals surface area (Å²) in [4.78, 5) is 10.7. The van der Waals surface area contributed by atoms with E-state index in [0.29, 0.717) is 5.92 Å². The minimum Gasteiger partial charge on any atom is -0.478 e. The molecule has 0 fully saturated rings. The van der Waals surface area contributed by atoms with E-state index in [4.69, 9.17) is 5.11 Å². The van der Waals surface area contributed by atoms with E-state index in [-0.39, 0.29) is 0 Å². The van der Waals surface area contributed by atoms with Gasteiger partial charge in [0.2, 0.25) is 0 Å². The molecule has 0 saturated heterocycles. The molecule has 0 aromatic rings. The topological polar surface area (TPSA) is 37.3 Å². The minimum absolute atomic E-state index is 0.518. The molecular weight excluding hydrogens is 224 g/mol. The fraction of sp³-hybridized carbons (Fsp3) is 0.562. The maximum atomic E-state index is 10.7. The first-order valence-corrected chi connectivity index (χ1v) is 6.79. The van der Waals surface area contributed by atoms with E-state index in [2.05, 4.69) is 26.8 Å². The molecule has 0 aliphatic heterocycles. The molecule has 0 unspecified atom stereocenters. The van der Waals surface area contributed by atoms with Gasteiger partial charge in [0.05, 0.1) is 0 Å². The quantitative estimate of drug-likeness (QED) is 0.744. The fourth-order valence-electron chi connectivity index (χ4n) is 2.80. The molecule has 1 aliphatic rings. The number of hydrogen-bond acceptors (Lipinski definition) is 1. The van der Waals surface area contributed by atoms with Gasteiger partial charge in [0.25, 0.3) is 0 Å². The standard InChI is InChI=1S/C16H24O2/c1-5-13-7-6-8-14(16(13)11(2)3)9-12(4)10-15(17)18/h9-11H,5-8H2,1-4H3,(H,17,18)/b12-10+,14-9+. The molecule has 0 atom stereocenters. The van der Waals surface area contributed by atoms with Crippen molar-refractivity contribution in [1.82, 2.24) is 0 Å². The zero-order chi connectivity index (χ0) is 13.7. The first-order chi connectivity index (χ1) is 8.45. The molecule has 100 valence electrons. The highest BCUT2D eigenvalue weighted by Gasteiger charge is 2.18. The molecule has 0 heterocycles. The summed E-state index contributed by atoms with van der Waals surface area (Å²) in [5, 5.41) is 8.77. The summed E-state index contributed by atoms with van der Waals surface area (Å²) in [7, 11) is 0. The largest absolute Gasteiger partial charge is 0.478 e. The van der Waals surface area contributed by atoms with Crippen molar-refractivity contribution in [3.63, 3.8) is 0 Å². The van der Waals surface area contributed by atoms with Gasteiger partial charge in [-0.15, -0.1) is 0 Å². The van der Waals surface area contributed by atoms with Crippen LogP contribution in [0.5, 0.6) is 0 Å². The summed E-state index contributed by atoms with van der Waals surface area (Å²) in [6.07, 6.45) is 7.90. The van der Waals surface area contributed by atoms with Crippen LogP contribution in [0.4, 0.5) is 0 Å². The Labute approximate surface area is 110 Å². The van der Waals surface area contributed by atoms with Crippen molar-refractivity contribution in [2.75, 3.05) is 0 Å². The second-order valence-corrected chi connectivity index (χ2v) is 5.28. The van der Waals surface area contributed by atoms with Gasteiger partial charge in [0.15, 0.2) is 0 Å². The highest BCUT2D eigenvalue weighted by Crippen LogP contribution is 2.36. The van der Waals surface area contributed by atoms with Crippen LogP contribution in [0.15, 0.2) is 34.4 Å². The first kappa shape index (κ1) is 14.7. The van der Waals surface area contributed by atoms with Gasteiger partial charge in [0, 0.05) is 6.08 Å². The molecule has 0 amide bonds. The summed E-state index contributed by atoms with van der Waals surface area (Å²) in [6, 6.07) is 0. The predicted octanol–water partition coefficient (Wildman–Crippen LogP) is 4.49. The van der Waals surface area contributed by atoms with Crippen LogP contribution in [-0.4, -0.2) is 11.1 Å². The lowest BCUT2D eigenvalue weighted by Gasteiger charge is -2.26. The van der Waals surface area contributed by atoms with Crippen molar-refractivity contribution < 1.29 is 9.90 Å². The van der Waals surface area contributed by atoms with Gasteiger partial charge in [0.1, 0.15) is 0 Å². The van der Waals surface area contributed by atoms with Crippen molar-refractivity contribution >= 4 is 5.97 Å². The van der Waals surface area contributed by atoms with Crippen LogP contribution in [0.1, 0.15) is 53.4 Å². The first-order valence-electron chi connectivity index (χ1n) is 6.79. The molecule has 0 bridgehead atoms. The zero-order valence-electron chi connectivity index (χ0n) is 11.9. The van der Waals surface area contributed by atoms with E-state index in [1.165, 1.54) is 30.1 Å². The van der Waals surface area contributed by atoms with Gasteiger partial charge in [-0.25, -0.2) is 4.79 Å². The van der Waals surface area contributed by atoms with E-state index in [9.17, 15) is 4.79 Å². The lowest BCUT2D eigenvalue weighted by atomic mass is 9.80. The lowest BCUT2D eigenvalue weighted by Crippen LogP contribution is -2.08. The van der Waals surface area contributed by atoms with Crippen LogP contribution in [0.25, 0.3) is 0 Å². The minimum atomic E-state index is -0.869. The average molecular weight is 248 g/mol. The molecule has 0 aromatic heterocycles. The lowest BCUT2D eigenvalue weighted by molar-refractivity contribution is -0.131. The van der Waals surface area contributed by atoms with E-state index < -0.39 is 5.97 Å². The predicted molar refractivity (Wildman–Crippen MR) is 75.5 cm³/mol. The van der Waals surface area contributed by atoms with Crippen LogP contribution in [0.2, 0.25) is 0 Å². The Kier molecular flexibility index (Phi) is 5.39. The third-order valence-corrected chi connectivity index (χ3v) is 3.41. The number of hydrogen-bond donors (Lipinski definition) is 1. The molecule has 18 heavy (non-hydrogen) atoms. The molecular formula is C16H24O2. The molecule has 2 heteroatoms. The van der Waals surface area contributed by atoms with Crippen molar-refractivity contribution in [1.29, 1.82) is 0 Å². The van der Waals surface area contributed by atoms with Crippen molar-refractivity contribution in [3.8, 4) is 0 Å². The Balaban J connectivity index is 3.14. The third-order valence-electron chi connectivity index (χ3n) is 3.41.